The largest absolute Gasteiger partial charge is 0.506 e. The molecule has 1 unspecified atom stereocenters. The van der Waals surface area contributed by atoms with Crippen molar-refractivity contribution in [3.8, 4) is 17.2 Å². The van der Waals surface area contributed by atoms with Gasteiger partial charge in [0, 0.05) is 12.5 Å². The summed E-state index contributed by atoms with van der Waals surface area (Å²) in [5.41, 5.74) is 0.505. The molecular weight excluding hydrogens is 358 g/mol. The lowest BCUT2D eigenvalue weighted by atomic mass is 10.1. The molecule has 0 saturated heterocycles. The third-order valence-corrected chi connectivity index (χ3v) is 3.50. The van der Waals surface area contributed by atoms with E-state index in [0.717, 1.165) is 6.08 Å². The van der Waals surface area contributed by atoms with Crippen molar-refractivity contribution >= 4 is 23.7 Å². The number of benzene rings is 2. The first-order chi connectivity index (χ1) is 12.8. The summed E-state index contributed by atoms with van der Waals surface area (Å²) >= 11 is 0. The van der Waals surface area contributed by atoms with E-state index in [0.29, 0.717) is 11.1 Å². The van der Waals surface area contributed by atoms with Crippen molar-refractivity contribution in [3.05, 3.63) is 58.5 Å². The van der Waals surface area contributed by atoms with Crippen LogP contribution in [0.3, 0.4) is 0 Å². The number of carbonyl (C=O) groups is 2. The van der Waals surface area contributed by atoms with Crippen LogP contribution in [0.1, 0.15) is 11.1 Å². The lowest BCUT2D eigenvalue weighted by Gasteiger charge is -2.13. The number of nitroso groups, excluding NO2 is 1. The summed E-state index contributed by atoms with van der Waals surface area (Å²) in [6.07, 6.45) is 0.492. The molecule has 27 heavy (non-hydrogen) atoms. The van der Waals surface area contributed by atoms with Gasteiger partial charge in [-0.1, -0.05) is 12.1 Å². The van der Waals surface area contributed by atoms with Crippen LogP contribution in [0.2, 0.25) is 0 Å². The van der Waals surface area contributed by atoms with Gasteiger partial charge >= 0.3 is 11.9 Å². The maximum atomic E-state index is 11.9. The number of rotatable bonds is 7. The summed E-state index contributed by atoms with van der Waals surface area (Å²) in [6, 6.07) is 7.62. The lowest BCUT2D eigenvalue weighted by Crippen LogP contribution is -2.28. The molecule has 0 amide bonds. The van der Waals surface area contributed by atoms with Crippen LogP contribution in [0.5, 0.6) is 17.2 Å². The molecule has 0 radical (unpaired) electrons. The molecule has 0 fully saturated rings. The Hall–Kier alpha value is -3.88. The molecule has 0 aliphatic rings. The van der Waals surface area contributed by atoms with Crippen LogP contribution >= 0.6 is 0 Å². The molecule has 0 spiro atoms. The van der Waals surface area contributed by atoms with Crippen LogP contribution in [0, 0.1) is 4.91 Å². The van der Waals surface area contributed by atoms with Crippen LogP contribution in [0.4, 0.5) is 5.69 Å². The van der Waals surface area contributed by atoms with Crippen LogP contribution < -0.4 is 0 Å². The zero-order valence-electron chi connectivity index (χ0n) is 13.8. The standard InChI is InChI=1S/C18H15NO8/c20-13-4-1-10(7-12(13)19-26)3-6-17(23)27-16(18(24)25)9-11-2-5-14(21)15(22)8-11/h1-8,16,20-22H,9H2,(H,24,25)/b6-3+. The Bertz CT molecular complexity index is 906. The number of hydrogen-bond donors (Lipinski definition) is 4. The van der Waals surface area contributed by atoms with E-state index < -0.39 is 23.8 Å². The summed E-state index contributed by atoms with van der Waals surface area (Å²) < 4.78 is 4.88. The number of phenols is 3. The van der Waals surface area contributed by atoms with Crippen molar-refractivity contribution in [2.75, 3.05) is 0 Å². The number of esters is 1. The maximum Gasteiger partial charge on any atom is 0.345 e. The number of hydrogen-bond acceptors (Lipinski definition) is 8. The Morgan fingerprint density at radius 1 is 1.04 bits per heavy atom. The maximum absolute atomic E-state index is 11.9. The zero-order chi connectivity index (χ0) is 20.0. The van der Waals surface area contributed by atoms with Crippen LogP contribution in [0.25, 0.3) is 6.08 Å². The molecule has 9 nitrogen and oxygen atoms in total. The molecule has 0 aliphatic carbocycles. The summed E-state index contributed by atoms with van der Waals surface area (Å²) in [5.74, 6) is -3.42. The van der Waals surface area contributed by atoms with E-state index in [1.807, 2.05) is 0 Å². The molecule has 0 aliphatic heterocycles. The molecule has 0 bridgehead atoms. The van der Waals surface area contributed by atoms with Gasteiger partial charge in [0.05, 0.1) is 0 Å². The predicted octanol–water partition coefficient (Wildman–Crippen LogP) is 2.45. The molecule has 9 heteroatoms. The Labute approximate surface area is 152 Å². The molecule has 0 heterocycles. The number of aliphatic carboxylic acids is 1. The van der Waals surface area contributed by atoms with Crippen LogP contribution in [-0.4, -0.2) is 38.5 Å². The van der Waals surface area contributed by atoms with Gasteiger partial charge in [0.25, 0.3) is 0 Å². The van der Waals surface area contributed by atoms with E-state index >= 15 is 0 Å². The molecule has 0 saturated carbocycles. The highest BCUT2D eigenvalue weighted by molar-refractivity contribution is 5.89. The zero-order valence-corrected chi connectivity index (χ0v) is 13.8. The summed E-state index contributed by atoms with van der Waals surface area (Å²) in [5, 5.41) is 39.9. The van der Waals surface area contributed by atoms with E-state index in [-0.39, 0.29) is 23.6 Å². The van der Waals surface area contributed by atoms with Crippen molar-refractivity contribution in [3.63, 3.8) is 0 Å². The first-order valence-corrected chi connectivity index (χ1v) is 7.59. The minimum absolute atomic E-state index is 0.207. The predicted molar refractivity (Wildman–Crippen MR) is 93.6 cm³/mol. The second-order valence-corrected chi connectivity index (χ2v) is 5.46. The van der Waals surface area contributed by atoms with Crippen LogP contribution in [-0.2, 0) is 20.7 Å². The third kappa shape index (κ3) is 5.30. The molecular formula is C18H15NO8. The Kier molecular flexibility index (Phi) is 6.10. The number of carbonyl (C=O) groups excluding carboxylic acids is 1. The fraction of sp³-hybridized carbons (Fsp3) is 0.111. The van der Waals surface area contributed by atoms with Crippen molar-refractivity contribution < 1.29 is 34.8 Å². The van der Waals surface area contributed by atoms with Crippen molar-refractivity contribution in [1.82, 2.24) is 0 Å². The highest BCUT2D eigenvalue weighted by atomic mass is 16.6. The van der Waals surface area contributed by atoms with Gasteiger partial charge in [0.1, 0.15) is 11.4 Å². The quantitative estimate of drug-likeness (QED) is 0.250. The van der Waals surface area contributed by atoms with Crippen molar-refractivity contribution in [2.24, 2.45) is 5.18 Å². The highest BCUT2D eigenvalue weighted by Crippen LogP contribution is 2.27. The van der Waals surface area contributed by atoms with Crippen molar-refractivity contribution in [2.45, 2.75) is 12.5 Å². The topological polar surface area (TPSA) is 154 Å². The van der Waals surface area contributed by atoms with Gasteiger partial charge in [-0.2, -0.15) is 0 Å². The van der Waals surface area contributed by atoms with Gasteiger partial charge in [-0.05, 0) is 46.6 Å². The molecule has 1 atom stereocenters. The highest BCUT2D eigenvalue weighted by Gasteiger charge is 2.22. The lowest BCUT2D eigenvalue weighted by molar-refractivity contribution is -0.160. The number of ether oxygens (including phenoxy) is 1. The summed E-state index contributed by atoms with van der Waals surface area (Å²) in [6.45, 7) is 0. The van der Waals surface area contributed by atoms with E-state index in [1.165, 1.54) is 42.5 Å². The van der Waals surface area contributed by atoms with E-state index in [4.69, 9.17) is 4.74 Å². The van der Waals surface area contributed by atoms with Gasteiger partial charge in [-0.25, -0.2) is 9.59 Å². The molecule has 4 N–H and O–H groups in total. The summed E-state index contributed by atoms with van der Waals surface area (Å²) in [4.78, 5) is 33.7. The van der Waals surface area contributed by atoms with Gasteiger partial charge < -0.3 is 25.2 Å². The first-order valence-electron chi connectivity index (χ1n) is 7.59. The second-order valence-electron chi connectivity index (χ2n) is 5.46. The third-order valence-electron chi connectivity index (χ3n) is 3.50. The minimum atomic E-state index is -1.52. The Balaban J connectivity index is 2.07. The fourth-order valence-corrected chi connectivity index (χ4v) is 2.15. The van der Waals surface area contributed by atoms with E-state index in [2.05, 4.69) is 5.18 Å². The number of aromatic hydroxyl groups is 3. The smallest absolute Gasteiger partial charge is 0.345 e. The Morgan fingerprint density at radius 3 is 2.37 bits per heavy atom. The molecule has 140 valence electrons. The number of nitrogens with zero attached hydrogens (tertiary/aromatic N) is 1. The molecule has 2 aromatic carbocycles. The summed E-state index contributed by atoms with van der Waals surface area (Å²) in [7, 11) is 0. The first kappa shape index (κ1) is 19.4. The van der Waals surface area contributed by atoms with Crippen molar-refractivity contribution in [1.29, 1.82) is 0 Å². The minimum Gasteiger partial charge on any atom is -0.506 e. The fourth-order valence-electron chi connectivity index (χ4n) is 2.15. The number of carboxylic acid groups (broad SMARTS) is 1. The van der Waals surface area contributed by atoms with E-state index in [9.17, 15) is 34.9 Å². The number of phenolic OH excluding ortho intramolecular Hbond substituents is 3. The average molecular weight is 373 g/mol. The SMILES string of the molecule is O=Nc1cc(/C=C/C(=O)OC(Cc2ccc(O)c(O)c2)C(=O)O)ccc1O. The Morgan fingerprint density at radius 2 is 1.74 bits per heavy atom. The molecule has 0 aromatic heterocycles. The number of carboxylic acids is 1. The van der Waals surface area contributed by atoms with Gasteiger partial charge in [0.15, 0.2) is 11.5 Å². The molecule has 2 rings (SSSR count). The normalized spacial score (nSPS) is 11.9. The van der Waals surface area contributed by atoms with E-state index in [1.54, 1.807) is 0 Å². The van der Waals surface area contributed by atoms with Gasteiger partial charge in [-0.15, -0.1) is 4.91 Å². The molecule has 2 aromatic rings. The second kappa shape index (κ2) is 8.48. The monoisotopic (exact) mass is 373 g/mol. The van der Waals surface area contributed by atoms with Gasteiger partial charge in [-0.3, -0.25) is 0 Å². The average Bonchev–Trinajstić information content (AvgIpc) is 2.63. The van der Waals surface area contributed by atoms with Gasteiger partial charge in [0.2, 0.25) is 6.10 Å². The van der Waals surface area contributed by atoms with Crippen LogP contribution in [0.15, 0.2) is 47.7 Å².